The number of amides is 1. The first-order chi connectivity index (χ1) is 15.4. The Morgan fingerprint density at radius 2 is 2.06 bits per heavy atom. The van der Waals surface area contributed by atoms with E-state index in [9.17, 15) is 4.79 Å². The molecule has 8 heteroatoms. The molecule has 0 spiro atoms. The van der Waals surface area contributed by atoms with Crippen LogP contribution in [0.15, 0.2) is 60.6 Å². The molecule has 0 aromatic carbocycles. The lowest BCUT2D eigenvalue weighted by molar-refractivity contribution is -0.125. The zero-order valence-electron chi connectivity index (χ0n) is 19.0. The standard InChI is InChI=1S/C24H32N6OS/c1-16(12-13-25)14-17(2)28-22-7-5-6-20(29-22)21-15-27-24(32-21)30(4)19-10-8-18(9-11-19)23(31)26-3/h5-7,12-15,18-19H,2,8-11,25H2,1,3-4H3,(H,26,31)(H,28,29)/b13-12-,16-14-. The van der Waals surface area contributed by atoms with E-state index >= 15 is 0 Å². The van der Waals surface area contributed by atoms with Gasteiger partial charge in [0.05, 0.1) is 10.6 Å². The van der Waals surface area contributed by atoms with Crippen LogP contribution in [0.1, 0.15) is 32.6 Å². The molecule has 0 atom stereocenters. The van der Waals surface area contributed by atoms with Crippen molar-refractivity contribution in [3.63, 3.8) is 0 Å². The van der Waals surface area contributed by atoms with Gasteiger partial charge in [-0.15, -0.1) is 0 Å². The number of rotatable bonds is 8. The van der Waals surface area contributed by atoms with Gasteiger partial charge in [0.2, 0.25) is 5.91 Å². The highest BCUT2D eigenvalue weighted by Crippen LogP contribution is 2.34. The Kier molecular flexibility index (Phi) is 8.05. The van der Waals surface area contributed by atoms with Gasteiger partial charge in [-0.05, 0) is 68.7 Å². The summed E-state index contributed by atoms with van der Waals surface area (Å²) in [6, 6.07) is 6.27. The van der Waals surface area contributed by atoms with Gasteiger partial charge in [0, 0.05) is 37.9 Å². The number of pyridine rings is 1. The quantitative estimate of drug-likeness (QED) is 0.517. The Hall–Kier alpha value is -3.13. The van der Waals surface area contributed by atoms with Crippen molar-refractivity contribution in [1.82, 2.24) is 15.3 Å². The molecule has 2 aromatic rings. The predicted octanol–water partition coefficient (Wildman–Crippen LogP) is 4.29. The largest absolute Gasteiger partial charge is 0.405 e. The van der Waals surface area contributed by atoms with Gasteiger partial charge in [-0.3, -0.25) is 4.79 Å². The van der Waals surface area contributed by atoms with Crippen molar-refractivity contribution < 1.29 is 4.79 Å². The highest BCUT2D eigenvalue weighted by molar-refractivity contribution is 7.18. The summed E-state index contributed by atoms with van der Waals surface area (Å²) in [4.78, 5) is 24.5. The van der Waals surface area contributed by atoms with E-state index in [4.69, 9.17) is 10.7 Å². The summed E-state index contributed by atoms with van der Waals surface area (Å²) >= 11 is 1.63. The van der Waals surface area contributed by atoms with Crippen LogP contribution in [0.5, 0.6) is 0 Å². The molecule has 0 bridgehead atoms. The van der Waals surface area contributed by atoms with E-state index in [-0.39, 0.29) is 11.8 Å². The number of aromatic nitrogens is 2. The van der Waals surface area contributed by atoms with Crippen LogP contribution in [-0.2, 0) is 4.79 Å². The Morgan fingerprint density at radius 1 is 1.31 bits per heavy atom. The summed E-state index contributed by atoms with van der Waals surface area (Å²) in [7, 11) is 3.80. The van der Waals surface area contributed by atoms with Crippen LogP contribution in [0.25, 0.3) is 10.6 Å². The van der Waals surface area contributed by atoms with Gasteiger partial charge in [0.25, 0.3) is 0 Å². The molecule has 4 N–H and O–H groups in total. The Balaban J connectivity index is 1.65. The van der Waals surface area contributed by atoms with Crippen LogP contribution in [0.3, 0.4) is 0 Å². The summed E-state index contributed by atoms with van der Waals surface area (Å²) in [5, 5.41) is 6.97. The molecule has 7 nitrogen and oxygen atoms in total. The average Bonchev–Trinajstić information content (AvgIpc) is 3.29. The number of nitrogens with two attached hydrogens (primary N) is 1. The smallest absolute Gasteiger partial charge is 0.222 e. The van der Waals surface area contributed by atoms with Gasteiger partial charge in [-0.25, -0.2) is 9.97 Å². The molecule has 0 aliphatic heterocycles. The minimum absolute atomic E-state index is 0.135. The van der Waals surface area contributed by atoms with Crippen molar-refractivity contribution in [2.75, 3.05) is 24.3 Å². The van der Waals surface area contributed by atoms with E-state index in [1.807, 2.05) is 43.5 Å². The molecule has 0 saturated heterocycles. The Bertz CT molecular complexity index is 1000. The highest BCUT2D eigenvalue weighted by Gasteiger charge is 2.28. The van der Waals surface area contributed by atoms with E-state index in [2.05, 4.69) is 34.1 Å². The fourth-order valence-electron chi connectivity index (χ4n) is 3.95. The van der Waals surface area contributed by atoms with Crippen molar-refractivity contribution in [1.29, 1.82) is 0 Å². The molecule has 0 unspecified atom stereocenters. The maximum Gasteiger partial charge on any atom is 0.222 e. The molecule has 2 heterocycles. The van der Waals surface area contributed by atoms with Crippen molar-refractivity contribution >= 4 is 28.2 Å². The highest BCUT2D eigenvalue weighted by atomic mass is 32.1. The number of nitrogens with one attached hydrogen (secondary N) is 2. The maximum atomic E-state index is 11.9. The lowest BCUT2D eigenvalue weighted by Gasteiger charge is -2.33. The van der Waals surface area contributed by atoms with E-state index in [0.717, 1.165) is 58.5 Å². The fraction of sp³-hybridized carbons (Fsp3) is 0.375. The number of carbonyl (C=O) groups excluding carboxylic acids is 1. The van der Waals surface area contributed by atoms with Gasteiger partial charge >= 0.3 is 0 Å². The van der Waals surface area contributed by atoms with Gasteiger partial charge in [-0.2, -0.15) is 0 Å². The predicted molar refractivity (Wildman–Crippen MR) is 133 cm³/mol. The first kappa shape index (κ1) is 23.5. The zero-order chi connectivity index (χ0) is 23.1. The summed E-state index contributed by atoms with van der Waals surface area (Å²) in [6.45, 7) is 5.99. The second-order valence-electron chi connectivity index (χ2n) is 8.04. The number of hydrogen-bond acceptors (Lipinski definition) is 7. The Morgan fingerprint density at radius 3 is 2.75 bits per heavy atom. The lowest BCUT2D eigenvalue weighted by atomic mass is 9.85. The summed E-state index contributed by atoms with van der Waals surface area (Å²) in [5.41, 5.74) is 8.03. The lowest BCUT2D eigenvalue weighted by Crippen LogP contribution is -2.38. The Labute approximate surface area is 194 Å². The number of anilines is 2. The molecule has 3 rings (SSSR count). The van der Waals surface area contributed by atoms with E-state index < -0.39 is 0 Å². The van der Waals surface area contributed by atoms with Crippen molar-refractivity contribution in [2.24, 2.45) is 11.7 Å². The molecule has 1 amide bonds. The first-order valence-electron chi connectivity index (χ1n) is 10.8. The van der Waals surface area contributed by atoms with Crippen LogP contribution in [0, 0.1) is 5.92 Å². The van der Waals surface area contributed by atoms with Gasteiger partial charge in [-0.1, -0.05) is 24.0 Å². The minimum atomic E-state index is 0.135. The molecule has 1 fully saturated rings. The van der Waals surface area contributed by atoms with Gasteiger partial charge in [0.1, 0.15) is 5.82 Å². The second-order valence-corrected chi connectivity index (χ2v) is 9.05. The number of thiazole rings is 1. The van der Waals surface area contributed by atoms with Crippen LogP contribution in [0.2, 0.25) is 0 Å². The summed E-state index contributed by atoms with van der Waals surface area (Å²) < 4.78 is 0. The third-order valence-electron chi connectivity index (χ3n) is 5.71. The number of allylic oxidation sites excluding steroid dienone is 3. The van der Waals surface area contributed by atoms with Gasteiger partial charge < -0.3 is 21.3 Å². The van der Waals surface area contributed by atoms with Crippen molar-refractivity contribution in [2.45, 2.75) is 38.6 Å². The van der Waals surface area contributed by atoms with Crippen LogP contribution < -0.4 is 21.3 Å². The summed E-state index contributed by atoms with van der Waals surface area (Å²) in [6.07, 6.45) is 10.9. The molecule has 1 aliphatic rings. The van der Waals surface area contributed by atoms with Crippen LogP contribution >= 0.6 is 11.3 Å². The van der Waals surface area contributed by atoms with Crippen molar-refractivity contribution in [3.05, 3.63) is 60.6 Å². The molecule has 32 heavy (non-hydrogen) atoms. The maximum absolute atomic E-state index is 11.9. The molecule has 2 aromatic heterocycles. The number of nitrogens with zero attached hydrogens (tertiary/aromatic N) is 3. The third-order valence-corrected chi connectivity index (χ3v) is 6.82. The molecular weight excluding hydrogens is 420 g/mol. The molecular formula is C24H32N6OS. The monoisotopic (exact) mass is 452 g/mol. The average molecular weight is 453 g/mol. The molecule has 0 radical (unpaired) electrons. The van der Waals surface area contributed by atoms with Crippen LogP contribution in [-0.4, -0.2) is 36.0 Å². The first-order valence-corrected chi connectivity index (χ1v) is 11.6. The topological polar surface area (TPSA) is 96.2 Å². The summed E-state index contributed by atoms with van der Waals surface area (Å²) in [5.74, 6) is 1.02. The molecule has 1 aliphatic carbocycles. The fourth-order valence-corrected chi connectivity index (χ4v) is 4.87. The van der Waals surface area contributed by atoms with E-state index in [1.54, 1.807) is 18.4 Å². The van der Waals surface area contributed by atoms with E-state index in [0.29, 0.717) is 6.04 Å². The molecule has 170 valence electrons. The van der Waals surface area contributed by atoms with Crippen molar-refractivity contribution in [3.8, 4) is 10.6 Å². The molecule has 1 saturated carbocycles. The third kappa shape index (κ3) is 5.97. The second kappa shape index (κ2) is 10.9. The SMILES string of the molecule is C=C(/C=C(C)\C=C/N)Nc1cccc(-c2cnc(N(C)C3CCC(C(=O)NC)CC3)s2)n1. The van der Waals surface area contributed by atoms with Gasteiger partial charge in [0.15, 0.2) is 5.13 Å². The normalized spacial score (nSPS) is 19.0. The zero-order valence-corrected chi connectivity index (χ0v) is 19.8. The number of hydrogen-bond donors (Lipinski definition) is 3. The number of carbonyl (C=O) groups is 1. The van der Waals surface area contributed by atoms with Crippen LogP contribution in [0.4, 0.5) is 10.9 Å². The minimum Gasteiger partial charge on any atom is -0.405 e. The van der Waals surface area contributed by atoms with E-state index in [1.165, 1.54) is 6.20 Å².